The Labute approximate surface area is 93.0 Å². The quantitative estimate of drug-likeness (QED) is 0.881. The van der Waals surface area contributed by atoms with Gasteiger partial charge in [-0.3, -0.25) is 4.98 Å². The molecule has 1 aromatic heterocycles. The van der Waals surface area contributed by atoms with Crippen LogP contribution < -0.4 is 5.73 Å². The molecule has 0 amide bonds. The molecular weight excluding hydrogens is 240 g/mol. The summed E-state index contributed by atoms with van der Waals surface area (Å²) >= 11 is 3.55. The summed E-state index contributed by atoms with van der Waals surface area (Å²) in [5.41, 5.74) is 7.70. The molecule has 0 spiro atoms. The third-order valence-corrected chi connectivity index (χ3v) is 4.18. The van der Waals surface area contributed by atoms with Crippen LogP contribution in [0.5, 0.6) is 0 Å². The summed E-state index contributed by atoms with van der Waals surface area (Å²) in [6.07, 6.45) is 4.85. The van der Waals surface area contributed by atoms with Gasteiger partial charge in [0.1, 0.15) is 0 Å². The highest BCUT2D eigenvalue weighted by Gasteiger charge is 2.61. The Hall–Kier alpha value is -0.410. The smallest absolute Gasteiger partial charge is 0.0413 e. The van der Waals surface area contributed by atoms with Crippen LogP contribution in [0.1, 0.15) is 25.8 Å². The topological polar surface area (TPSA) is 38.9 Å². The molecule has 1 unspecified atom stereocenters. The first kappa shape index (κ1) is 10.1. The zero-order chi connectivity index (χ0) is 10.4. The summed E-state index contributed by atoms with van der Waals surface area (Å²) in [6.45, 7) is 5.25. The Morgan fingerprint density at radius 2 is 2.21 bits per heavy atom. The van der Waals surface area contributed by atoms with E-state index in [1.54, 1.807) is 0 Å². The highest BCUT2D eigenvalue weighted by molar-refractivity contribution is 9.10. The highest BCUT2D eigenvalue weighted by atomic mass is 79.9. The van der Waals surface area contributed by atoms with E-state index in [4.69, 9.17) is 5.73 Å². The molecule has 76 valence electrons. The Kier molecular flexibility index (Phi) is 2.20. The Balaban J connectivity index is 2.46. The monoisotopic (exact) mass is 254 g/mol. The van der Waals surface area contributed by atoms with Gasteiger partial charge in [-0.15, -0.1) is 0 Å². The van der Waals surface area contributed by atoms with Crippen molar-refractivity contribution in [1.82, 2.24) is 4.98 Å². The molecule has 0 radical (unpaired) electrons. The van der Waals surface area contributed by atoms with Crippen molar-refractivity contribution in [3.63, 3.8) is 0 Å². The molecule has 1 atom stereocenters. The van der Waals surface area contributed by atoms with Crippen LogP contribution in [0.2, 0.25) is 0 Å². The van der Waals surface area contributed by atoms with E-state index in [1.165, 1.54) is 12.0 Å². The zero-order valence-electron chi connectivity index (χ0n) is 8.55. The Morgan fingerprint density at radius 3 is 2.64 bits per heavy atom. The average molecular weight is 255 g/mol. The molecule has 2 N–H and O–H groups in total. The number of hydrogen-bond acceptors (Lipinski definition) is 2. The molecule has 1 fully saturated rings. The molecular formula is C11H15BrN2. The molecule has 0 aromatic carbocycles. The van der Waals surface area contributed by atoms with Gasteiger partial charge in [0, 0.05) is 28.8 Å². The second-order valence-electron chi connectivity index (χ2n) is 4.70. The number of rotatable bonds is 2. The standard InChI is InChI=1S/C11H15BrN2/c1-10(2)6-11(10,7-13)8-3-4-14-5-9(8)12/h3-5H,6-7,13H2,1-2H3. The van der Waals surface area contributed by atoms with E-state index in [1.807, 2.05) is 12.4 Å². The summed E-state index contributed by atoms with van der Waals surface area (Å²) < 4.78 is 1.08. The van der Waals surface area contributed by atoms with Gasteiger partial charge in [0.2, 0.25) is 0 Å². The average Bonchev–Trinajstić information content (AvgIpc) is 2.70. The second kappa shape index (κ2) is 3.04. The molecule has 2 rings (SSSR count). The number of aromatic nitrogens is 1. The molecule has 0 saturated heterocycles. The Bertz CT molecular complexity index is 362. The fraction of sp³-hybridized carbons (Fsp3) is 0.545. The molecule has 1 aliphatic carbocycles. The van der Waals surface area contributed by atoms with Gasteiger partial charge in [0.05, 0.1) is 0 Å². The first-order chi connectivity index (χ1) is 6.53. The fourth-order valence-electron chi connectivity index (χ4n) is 2.39. The van der Waals surface area contributed by atoms with Crippen molar-refractivity contribution in [2.75, 3.05) is 6.54 Å². The third-order valence-electron chi connectivity index (χ3n) is 3.55. The van der Waals surface area contributed by atoms with Gasteiger partial charge < -0.3 is 5.73 Å². The summed E-state index contributed by atoms with van der Waals surface area (Å²) in [5, 5.41) is 0. The van der Waals surface area contributed by atoms with Crippen molar-refractivity contribution in [3.8, 4) is 0 Å². The van der Waals surface area contributed by atoms with E-state index in [-0.39, 0.29) is 5.41 Å². The Morgan fingerprint density at radius 1 is 1.57 bits per heavy atom. The molecule has 1 aromatic rings. The van der Waals surface area contributed by atoms with Crippen LogP contribution in [-0.2, 0) is 5.41 Å². The van der Waals surface area contributed by atoms with E-state index in [2.05, 4.69) is 40.8 Å². The number of pyridine rings is 1. The van der Waals surface area contributed by atoms with Gasteiger partial charge in [-0.25, -0.2) is 0 Å². The number of hydrogen-bond donors (Lipinski definition) is 1. The van der Waals surface area contributed by atoms with E-state index < -0.39 is 0 Å². The van der Waals surface area contributed by atoms with Crippen molar-refractivity contribution in [2.24, 2.45) is 11.1 Å². The maximum Gasteiger partial charge on any atom is 0.0413 e. The molecule has 1 aliphatic rings. The summed E-state index contributed by atoms with van der Waals surface area (Å²) in [6, 6.07) is 2.08. The normalized spacial score (nSPS) is 28.9. The molecule has 3 heteroatoms. The van der Waals surface area contributed by atoms with Crippen LogP contribution >= 0.6 is 15.9 Å². The first-order valence-corrected chi connectivity index (χ1v) is 5.63. The lowest BCUT2D eigenvalue weighted by Crippen LogP contribution is -2.25. The van der Waals surface area contributed by atoms with Crippen LogP contribution in [0.4, 0.5) is 0 Å². The number of nitrogens with zero attached hydrogens (tertiary/aromatic N) is 1. The van der Waals surface area contributed by atoms with Crippen molar-refractivity contribution in [2.45, 2.75) is 25.7 Å². The minimum atomic E-state index is 0.161. The molecule has 0 bridgehead atoms. The fourth-order valence-corrected chi connectivity index (χ4v) is 3.02. The van der Waals surface area contributed by atoms with Gasteiger partial charge in [0.15, 0.2) is 0 Å². The minimum Gasteiger partial charge on any atom is -0.330 e. The van der Waals surface area contributed by atoms with E-state index >= 15 is 0 Å². The molecule has 0 aliphatic heterocycles. The van der Waals surface area contributed by atoms with E-state index in [9.17, 15) is 0 Å². The molecule has 1 saturated carbocycles. The predicted molar refractivity (Wildman–Crippen MR) is 61.1 cm³/mol. The van der Waals surface area contributed by atoms with E-state index in [0.717, 1.165) is 4.47 Å². The lowest BCUT2D eigenvalue weighted by molar-refractivity contribution is 0.501. The van der Waals surface area contributed by atoms with Gasteiger partial charge in [-0.1, -0.05) is 13.8 Å². The van der Waals surface area contributed by atoms with Gasteiger partial charge in [0.25, 0.3) is 0 Å². The molecule has 1 heterocycles. The van der Waals surface area contributed by atoms with Crippen LogP contribution in [-0.4, -0.2) is 11.5 Å². The van der Waals surface area contributed by atoms with Crippen LogP contribution in [0, 0.1) is 5.41 Å². The summed E-state index contributed by atoms with van der Waals surface area (Å²) in [5.74, 6) is 0. The van der Waals surface area contributed by atoms with Crippen molar-refractivity contribution in [1.29, 1.82) is 0 Å². The summed E-state index contributed by atoms with van der Waals surface area (Å²) in [4.78, 5) is 4.08. The van der Waals surface area contributed by atoms with Crippen molar-refractivity contribution >= 4 is 15.9 Å². The van der Waals surface area contributed by atoms with Crippen LogP contribution in [0.25, 0.3) is 0 Å². The largest absolute Gasteiger partial charge is 0.330 e. The predicted octanol–water partition coefficient (Wildman–Crippen LogP) is 2.47. The first-order valence-electron chi connectivity index (χ1n) is 4.83. The van der Waals surface area contributed by atoms with Crippen LogP contribution in [0.15, 0.2) is 22.9 Å². The lowest BCUT2D eigenvalue weighted by atomic mass is 9.89. The second-order valence-corrected chi connectivity index (χ2v) is 5.56. The van der Waals surface area contributed by atoms with Crippen LogP contribution in [0.3, 0.4) is 0 Å². The molecule has 14 heavy (non-hydrogen) atoms. The maximum absolute atomic E-state index is 5.90. The van der Waals surface area contributed by atoms with Crippen molar-refractivity contribution in [3.05, 3.63) is 28.5 Å². The third kappa shape index (κ3) is 1.22. The van der Waals surface area contributed by atoms with E-state index in [0.29, 0.717) is 12.0 Å². The minimum absolute atomic E-state index is 0.161. The van der Waals surface area contributed by atoms with Gasteiger partial charge in [-0.2, -0.15) is 0 Å². The zero-order valence-corrected chi connectivity index (χ0v) is 10.1. The lowest BCUT2D eigenvalue weighted by Gasteiger charge is -2.20. The maximum atomic E-state index is 5.90. The summed E-state index contributed by atoms with van der Waals surface area (Å²) in [7, 11) is 0. The van der Waals surface area contributed by atoms with Gasteiger partial charge in [-0.05, 0) is 39.4 Å². The highest BCUT2D eigenvalue weighted by Crippen LogP contribution is 2.64. The number of nitrogens with two attached hydrogens (primary N) is 1. The van der Waals surface area contributed by atoms with Gasteiger partial charge >= 0.3 is 0 Å². The molecule has 2 nitrogen and oxygen atoms in total. The van der Waals surface area contributed by atoms with Crippen molar-refractivity contribution < 1.29 is 0 Å². The SMILES string of the molecule is CC1(C)CC1(CN)c1ccncc1Br. The number of halogens is 1.